The van der Waals surface area contributed by atoms with Crippen LogP contribution in [-0.2, 0) is 16.6 Å². The van der Waals surface area contributed by atoms with E-state index in [2.05, 4.69) is 0 Å². The Labute approximate surface area is 110 Å². The van der Waals surface area contributed by atoms with E-state index in [0.29, 0.717) is 11.4 Å². The van der Waals surface area contributed by atoms with E-state index in [-0.39, 0.29) is 6.04 Å². The lowest BCUT2D eigenvalue weighted by Gasteiger charge is -2.24. The highest BCUT2D eigenvalue weighted by Gasteiger charge is 2.26. The van der Waals surface area contributed by atoms with E-state index in [1.54, 1.807) is 26.1 Å². The van der Waals surface area contributed by atoms with Crippen molar-refractivity contribution in [3.63, 3.8) is 0 Å². The normalized spacial score (nSPS) is 13.9. The summed E-state index contributed by atoms with van der Waals surface area (Å²) in [6.07, 6.45) is 0.783. The monoisotopic (exact) mass is 270 g/mol. The van der Waals surface area contributed by atoms with Crippen molar-refractivity contribution < 1.29 is 8.42 Å². The van der Waals surface area contributed by atoms with Crippen LogP contribution in [-0.4, -0.2) is 25.8 Å². The van der Waals surface area contributed by atoms with Crippen LogP contribution in [0.15, 0.2) is 23.1 Å². The molecule has 4 nitrogen and oxygen atoms in total. The molecule has 0 fully saturated rings. The fraction of sp³-hybridized carbons (Fsp3) is 0.538. The molecule has 1 rings (SSSR count). The molecule has 1 aromatic carbocycles. The molecule has 18 heavy (non-hydrogen) atoms. The van der Waals surface area contributed by atoms with Gasteiger partial charge in [-0.05, 0) is 37.5 Å². The Kier molecular flexibility index (Phi) is 4.90. The third-order valence-corrected chi connectivity index (χ3v) is 5.60. The summed E-state index contributed by atoms with van der Waals surface area (Å²) in [5.74, 6) is 0. The molecular formula is C13H22N2O2S. The highest BCUT2D eigenvalue weighted by Crippen LogP contribution is 2.23. The SMILES string of the molecule is CCC(C)N(C)S(=O)(=O)c1cccc(CN)c1C. The Balaban J connectivity index is 3.29. The van der Waals surface area contributed by atoms with Crippen molar-refractivity contribution in [3.05, 3.63) is 29.3 Å². The van der Waals surface area contributed by atoms with E-state index in [1.807, 2.05) is 19.9 Å². The fourth-order valence-electron chi connectivity index (χ4n) is 1.81. The van der Waals surface area contributed by atoms with E-state index < -0.39 is 10.0 Å². The van der Waals surface area contributed by atoms with E-state index in [4.69, 9.17) is 5.73 Å². The summed E-state index contributed by atoms with van der Waals surface area (Å²) in [6, 6.07) is 5.23. The lowest BCUT2D eigenvalue weighted by molar-refractivity contribution is 0.380. The molecule has 1 atom stereocenters. The third kappa shape index (κ3) is 2.74. The van der Waals surface area contributed by atoms with Crippen LogP contribution in [0, 0.1) is 6.92 Å². The van der Waals surface area contributed by atoms with Gasteiger partial charge in [0.2, 0.25) is 10.0 Å². The van der Waals surface area contributed by atoms with Gasteiger partial charge in [-0.3, -0.25) is 0 Å². The Hall–Kier alpha value is -0.910. The van der Waals surface area contributed by atoms with Crippen LogP contribution in [0.1, 0.15) is 31.4 Å². The van der Waals surface area contributed by atoms with Gasteiger partial charge in [-0.15, -0.1) is 0 Å². The summed E-state index contributed by atoms with van der Waals surface area (Å²) < 4.78 is 26.4. The van der Waals surface area contributed by atoms with Gasteiger partial charge in [0.1, 0.15) is 0 Å². The first-order chi connectivity index (χ1) is 8.36. The number of hydrogen-bond acceptors (Lipinski definition) is 3. The number of hydrogen-bond donors (Lipinski definition) is 1. The average molecular weight is 270 g/mol. The highest BCUT2D eigenvalue weighted by molar-refractivity contribution is 7.89. The zero-order valence-corrected chi connectivity index (χ0v) is 12.3. The number of nitrogens with zero attached hydrogens (tertiary/aromatic N) is 1. The summed E-state index contributed by atoms with van der Waals surface area (Å²) in [7, 11) is -1.81. The maximum absolute atomic E-state index is 12.5. The Morgan fingerprint density at radius 1 is 1.39 bits per heavy atom. The minimum Gasteiger partial charge on any atom is -0.326 e. The number of rotatable bonds is 5. The van der Waals surface area contributed by atoms with Crippen LogP contribution in [0.25, 0.3) is 0 Å². The number of nitrogens with two attached hydrogens (primary N) is 1. The van der Waals surface area contributed by atoms with E-state index >= 15 is 0 Å². The highest BCUT2D eigenvalue weighted by atomic mass is 32.2. The second-order valence-corrected chi connectivity index (χ2v) is 6.49. The zero-order valence-electron chi connectivity index (χ0n) is 11.5. The van der Waals surface area contributed by atoms with Crippen LogP contribution in [0.4, 0.5) is 0 Å². The lowest BCUT2D eigenvalue weighted by Crippen LogP contribution is -2.35. The maximum atomic E-state index is 12.5. The second kappa shape index (κ2) is 5.82. The first-order valence-corrected chi connectivity index (χ1v) is 7.56. The van der Waals surface area contributed by atoms with E-state index in [0.717, 1.165) is 17.5 Å². The molecule has 0 aliphatic heterocycles. The molecule has 0 bridgehead atoms. The molecule has 2 N–H and O–H groups in total. The molecule has 0 radical (unpaired) electrons. The average Bonchev–Trinajstić information content (AvgIpc) is 2.36. The largest absolute Gasteiger partial charge is 0.326 e. The van der Waals surface area contributed by atoms with Crippen LogP contribution in [0.5, 0.6) is 0 Å². The van der Waals surface area contributed by atoms with Crippen molar-refractivity contribution in [3.8, 4) is 0 Å². The molecule has 102 valence electrons. The first-order valence-electron chi connectivity index (χ1n) is 6.12. The second-order valence-electron chi connectivity index (χ2n) is 4.52. The first kappa shape index (κ1) is 15.1. The van der Waals surface area contributed by atoms with Crippen molar-refractivity contribution in [1.29, 1.82) is 0 Å². The summed E-state index contributed by atoms with van der Waals surface area (Å²) in [4.78, 5) is 0.355. The Morgan fingerprint density at radius 2 is 2.00 bits per heavy atom. The predicted molar refractivity (Wildman–Crippen MR) is 73.8 cm³/mol. The standard InChI is InChI=1S/C13H22N2O2S/c1-5-10(2)15(4)18(16,17)13-8-6-7-12(9-14)11(13)3/h6-8,10H,5,9,14H2,1-4H3. The zero-order chi connectivity index (χ0) is 13.9. The van der Waals surface area contributed by atoms with Crippen LogP contribution >= 0.6 is 0 Å². The Bertz CT molecular complexity index is 512. The molecular weight excluding hydrogens is 248 g/mol. The van der Waals surface area contributed by atoms with Crippen LogP contribution in [0.3, 0.4) is 0 Å². The summed E-state index contributed by atoms with van der Waals surface area (Å²) in [6.45, 7) is 6.03. The number of benzene rings is 1. The molecule has 0 spiro atoms. The van der Waals surface area contributed by atoms with Gasteiger partial charge >= 0.3 is 0 Å². The fourth-order valence-corrected chi connectivity index (χ4v) is 3.51. The molecule has 0 aliphatic rings. The molecule has 1 unspecified atom stereocenters. The van der Waals surface area contributed by atoms with Gasteiger partial charge in [-0.25, -0.2) is 8.42 Å². The van der Waals surface area contributed by atoms with Crippen molar-refractivity contribution in [2.45, 2.75) is 44.7 Å². The topological polar surface area (TPSA) is 63.4 Å². The van der Waals surface area contributed by atoms with Crippen molar-refractivity contribution in [2.75, 3.05) is 7.05 Å². The minimum atomic E-state index is -3.44. The van der Waals surface area contributed by atoms with Gasteiger partial charge in [-0.2, -0.15) is 4.31 Å². The lowest BCUT2D eigenvalue weighted by atomic mass is 10.1. The summed E-state index contributed by atoms with van der Waals surface area (Å²) in [5.41, 5.74) is 7.23. The van der Waals surface area contributed by atoms with Gasteiger partial charge < -0.3 is 5.73 Å². The Morgan fingerprint density at radius 3 is 2.50 bits per heavy atom. The van der Waals surface area contributed by atoms with Gasteiger partial charge in [0.15, 0.2) is 0 Å². The van der Waals surface area contributed by atoms with Crippen molar-refractivity contribution in [2.24, 2.45) is 5.73 Å². The third-order valence-electron chi connectivity index (χ3n) is 3.48. The summed E-state index contributed by atoms with van der Waals surface area (Å²) in [5, 5.41) is 0. The van der Waals surface area contributed by atoms with Crippen molar-refractivity contribution >= 4 is 10.0 Å². The van der Waals surface area contributed by atoms with E-state index in [9.17, 15) is 8.42 Å². The van der Waals surface area contributed by atoms with Gasteiger partial charge in [-0.1, -0.05) is 19.1 Å². The van der Waals surface area contributed by atoms with Gasteiger partial charge in [0.25, 0.3) is 0 Å². The quantitative estimate of drug-likeness (QED) is 0.888. The van der Waals surface area contributed by atoms with Gasteiger partial charge in [0, 0.05) is 19.6 Å². The van der Waals surface area contributed by atoms with Crippen LogP contribution < -0.4 is 5.73 Å². The summed E-state index contributed by atoms with van der Waals surface area (Å²) >= 11 is 0. The molecule has 0 aliphatic carbocycles. The van der Waals surface area contributed by atoms with E-state index in [1.165, 1.54) is 4.31 Å². The van der Waals surface area contributed by atoms with Crippen molar-refractivity contribution in [1.82, 2.24) is 4.31 Å². The minimum absolute atomic E-state index is 0.0177. The number of sulfonamides is 1. The molecule has 1 aromatic rings. The molecule has 0 amide bonds. The predicted octanol–water partition coefficient (Wildman–Crippen LogP) is 1.87. The van der Waals surface area contributed by atoms with Crippen LogP contribution in [0.2, 0.25) is 0 Å². The molecule has 0 aromatic heterocycles. The molecule has 0 saturated carbocycles. The molecule has 0 heterocycles. The molecule has 0 saturated heterocycles. The smallest absolute Gasteiger partial charge is 0.243 e. The van der Waals surface area contributed by atoms with Gasteiger partial charge in [0.05, 0.1) is 4.90 Å². The maximum Gasteiger partial charge on any atom is 0.243 e. The molecule has 5 heteroatoms.